The van der Waals surface area contributed by atoms with E-state index in [0.29, 0.717) is 5.75 Å². The van der Waals surface area contributed by atoms with Gasteiger partial charge in [-0.3, -0.25) is 0 Å². The zero-order valence-electron chi connectivity index (χ0n) is 10.3. The molecule has 0 aromatic heterocycles. The maximum atomic E-state index is 11.7. The Balaban J connectivity index is 2.70. The van der Waals surface area contributed by atoms with Crippen LogP contribution in [0.5, 0.6) is 5.75 Å². The molecule has 0 aliphatic carbocycles. The quantitative estimate of drug-likeness (QED) is 0.622. The summed E-state index contributed by atoms with van der Waals surface area (Å²) in [4.78, 5) is 22.7. The van der Waals surface area contributed by atoms with Crippen LogP contribution >= 0.6 is 0 Å². The summed E-state index contributed by atoms with van der Waals surface area (Å²) in [6, 6.07) is 4.72. The van der Waals surface area contributed by atoms with Gasteiger partial charge in [0.25, 0.3) is 0 Å². The van der Waals surface area contributed by atoms with Crippen LogP contribution in [0.25, 0.3) is 0 Å². The molecule has 1 rings (SSSR count). The first kappa shape index (κ1) is 13.8. The summed E-state index contributed by atoms with van der Waals surface area (Å²) in [6.07, 6.45) is 0. The Bertz CT molecular complexity index is 444. The van der Waals surface area contributed by atoms with Gasteiger partial charge in [0.15, 0.2) is 6.61 Å². The van der Waals surface area contributed by atoms with Crippen LogP contribution in [0.3, 0.4) is 0 Å². The molecule has 0 aliphatic rings. The van der Waals surface area contributed by atoms with E-state index in [1.165, 1.54) is 13.2 Å². The molecule has 0 heterocycles. The van der Waals surface area contributed by atoms with Crippen molar-refractivity contribution >= 4 is 17.6 Å². The van der Waals surface area contributed by atoms with Crippen molar-refractivity contribution in [3.63, 3.8) is 0 Å². The number of rotatable bonds is 5. The molecular weight excluding hydrogens is 238 g/mol. The molecule has 0 aliphatic heterocycles. The molecule has 1 aromatic carbocycles. The lowest BCUT2D eigenvalue weighted by Crippen LogP contribution is -2.17. The lowest BCUT2D eigenvalue weighted by Gasteiger charge is -2.09. The summed E-state index contributed by atoms with van der Waals surface area (Å²) in [7, 11) is 1.44. The van der Waals surface area contributed by atoms with E-state index in [4.69, 9.17) is 15.2 Å². The number of esters is 2. The second-order valence-corrected chi connectivity index (χ2v) is 3.30. The van der Waals surface area contributed by atoms with Crippen molar-refractivity contribution in [2.24, 2.45) is 0 Å². The van der Waals surface area contributed by atoms with Gasteiger partial charge in [-0.2, -0.15) is 0 Å². The Morgan fingerprint density at radius 3 is 2.61 bits per heavy atom. The summed E-state index contributed by atoms with van der Waals surface area (Å²) in [5, 5.41) is 0. The van der Waals surface area contributed by atoms with Crippen molar-refractivity contribution in [2.45, 2.75) is 6.92 Å². The van der Waals surface area contributed by atoms with Gasteiger partial charge in [-0.15, -0.1) is 0 Å². The molecule has 18 heavy (non-hydrogen) atoms. The number of hydrogen-bond acceptors (Lipinski definition) is 6. The third kappa shape index (κ3) is 3.38. The molecule has 0 spiro atoms. The van der Waals surface area contributed by atoms with Crippen LogP contribution in [-0.4, -0.2) is 32.3 Å². The van der Waals surface area contributed by atoms with Gasteiger partial charge in [0, 0.05) is 0 Å². The van der Waals surface area contributed by atoms with Gasteiger partial charge in [0.1, 0.15) is 5.75 Å². The number of nitrogens with two attached hydrogens (primary N) is 1. The molecule has 0 fully saturated rings. The predicted molar refractivity (Wildman–Crippen MR) is 64.3 cm³/mol. The van der Waals surface area contributed by atoms with Gasteiger partial charge in [-0.1, -0.05) is 6.07 Å². The fourth-order valence-corrected chi connectivity index (χ4v) is 1.30. The monoisotopic (exact) mass is 253 g/mol. The van der Waals surface area contributed by atoms with E-state index in [1.807, 2.05) is 0 Å². The summed E-state index contributed by atoms with van der Waals surface area (Å²) < 4.78 is 14.4. The van der Waals surface area contributed by atoms with Crippen LogP contribution in [0.1, 0.15) is 17.3 Å². The van der Waals surface area contributed by atoms with E-state index >= 15 is 0 Å². The maximum Gasteiger partial charge on any atom is 0.344 e. The summed E-state index contributed by atoms with van der Waals surface area (Å²) >= 11 is 0. The molecule has 0 saturated heterocycles. The van der Waals surface area contributed by atoms with Gasteiger partial charge in [0.05, 0.1) is 25.0 Å². The summed E-state index contributed by atoms with van der Waals surface area (Å²) in [5.41, 5.74) is 6.04. The second kappa shape index (κ2) is 6.48. The smallest absolute Gasteiger partial charge is 0.344 e. The Morgan fingerprint density at radius 1 is 1.28 bits per heavy atom. The highest BCUT2D eigenvalue weighted by molar-refractivity contribution is 5.97. The average Bonchev–Trinajstić information content (AvgIpc) is 2.36. The number of hydrogen-bond donors (Lipinski definition) is 1. The van der Waals surface area contributed by atoms with E-state index in [9.17, 15) is 9.59 Å². The first-order chi connectivity index (χ1) is 8.60. The summed E-state index contributed by atoms with van der Waals surface area (Å²) in [6.45, 7) is 1.46. The van der Waals surface area contributed by atoms with E-state index in [0.717, 1.165) is 0 Å². The normalized spacial score (nSPS) is 9.67. The first-order valence-electron chi connectivity index (χ1n) is 5.35. The second-order valence-electron chi connectivity index (χ2n) is 3.30. The van der Waals surface area contributed by atoms with Crippen molar-refractivity contribution in [3.05, 3.63) is 23.8 Å². The number of anilines is 1. The van der Waals surface area contributed by atoms with Crippen LogP contribution in [0.15, 0.2) is 18.2 Å². The van der Waals surface area contributed by atoms with Gasteiger partial charge >= 0.3 is 11.9 Å². The molecule has 0 saturated carbocycles. The number of carbonyl (C=O) groups excluding carboxylic acids is 2. The SMILES string of the molecule is CCOC(=O)COC(=O)c1cccc(OC)c1N. The highest BCUT2D eigenvalue weighted by Gasteiger charge is 2.15. The Hall–Kier alpha value is -2.24. The average molecular weight is 253 g/mol. The van der Waals surface area contributed by atoms with Gasteiger partial charge in [-0.25, -0.2) is 9.59 Å². The van der Waals surface area contributed by atoms with Crippen LogP contribution in [0.2, 0.25) is 0 Å². The Morgan fingerprint density at radius 2 is 2.00 bits per heavy atom. The van der Waals surface area contributed by atoms with Crippen molar-refractivity contribution in [1.29, 1.82) is 0 Å². The molecule has 0 radical (unpaired) electrons. The number of para-hydroxylation sites is 1. The summed E-state index contributed by atoms with van der Waals surface area (Å²) in [5.74, 6) is -0.924. The van der Waals surface area contributed by atoms with Crippen LogP contribution in [-0.2, 0) is 14.3 Å². The first-order valence-corrected chi connectivity index (χ1v) is 5.35. The van der Waals surface area contributed by atoms with Crippen molar-refractivity contribution < 1.29 is 23.8 Å². The van der Waals surface area contributed by atoms with Crippen molar-refractivity contribution in [2.75, 3.05) is 26.1 Å². The number of benzene rings is 1. The molecule has 98 valence electrons. The lowest BCUT2D eigenvalue weighted by molar-refractivity contribution is -0.146. The molecule has 2 N–H and O–H groups in total. The predicted octanol–water partition coefficient (Wildman–Crippen LogP) is 0.997. The minimum Gasteiger partial charge on any atom is -0.495 e. The highest BCUT2D eigenvalue weighted by atomic mass is 16.6. The Kier molecular flexibility index (Phi) is 4.98. The number of ether oxygens (including phenoxy) is 3. The fraction of sp³-hybridized carbons (Fsp3) is 0.333. The molecular formula is C12H15NO5. The molecule has 0 bridgehead atoms. The molecule has 0 unspecified atom stereocenters. The molecule has 0 amide bonds. The van der Waals surface area contributed by atoms with Crippen LogP contribution in [0, 0.1) is 0 Å². The van der Waals surface area contributed by atoms with Crippen LogP contribution in [0.4, 0.5) is 5.69 Å². The topological polar surface area (TPSA) is 87.8 Å². The van der Waals surface area contributed by atoms with Crippen molar-refractivity contribution in [1.82, 2.24) is 0 Å². The van der Waals surface area contributed by atoms with E-state index in [2.05, 4.69) is 4.74 Å². The van der Waals surface area contributed by atoms with Gasteiger partial charge in [-0.05, 0) is 19.1 Å². The van der Waals surface area contributed by atoms with Crippen molar-refractivity contribution in [3.8, 4) is 5.75 Å². The van der Waals surface area contributed by atoms with Crippen LogP contribution < -0.4 is 10.5 Å². The number of methoxy groups -OCH3 is 1. The minimum absolute atomic E-state index is 0.152. The third-order valence-electron chi connectivity index (χ3n) is 2.13. The molecule has 1 aromatic rings. The van der Waals surface area contributed by atoms with Gasteiger partial charge < -0.3 is 19.9 Å². The van der Waals surface area contributed by atoms with E-state index in [-0.39, 0.29) is 17.9 Å². The lowest BCUT2D eigenvalue weighted by atomic mass is 10.1. The Labute approximate surface area is 105 Å². The largest absolute Gasteiger partial charge is 0.495 e. The maximum absolute atomic E-state index is 11.7. The number of nitrogen functional groups attached to an aromatic ring is 1. The van der Waals surface area contributed by atoms with E-state index in [1.54, 1.807) is 19.1 Å². The standard InChI is InChI=1S/C12H15NO5/c1-3-17-10(14)7-18-12(15)8-5-4-6-9(16-2)11(8)13/h4-6H,3,7,13H2,1-2H3. The van der Waals surface area contributed by atoms with E-state index < -0.39 is 18.5 Å². The fourth-order valence-electron chi connectivity index (χ4n) is 1.30. The molecule has 6 nitrogen and oxygen atoms in total. The third-order valence-corrected chi connectivity index (χ3v) is 2.13. The molecule has 0 atom stereocenters. The molecule has 6 heteroatoms. The number of carbonyl (C=O) groups is 2. The van der Waals surface area contributed by atoms with Gasteiger partial charge in [0.2, 0.25) is 0 Å². The zero-order chi connectivity index (χ0) is 13.5. The zero-order valence-corrected chi connectivity index (χ0v) is 10.3. The highest BCUT2D eigenvalue weighted by Crippen LogP contribution is 2.25. The minimum atomic E-state index is -0.695.